The molecule has 8 heteroatoms. The molecule has 2 N–H and O–H groups in total. The molecule has 2 rings (SSSR count). The summed E-state index contributed by atoms with van der Waals surface area (Å²) in [7, 11) is -4.11. The third kappa shape index (κ3) is 2.94. The summed E-state index contributed by atoms with van der Waals surface area (Å²) in [6, 6.07) is 1.70. The Labute approximate surface area is 121 Å². The number of benzene rings is 1. The molecule has 0 saturated carbocycles. The van der Waals surface area contributed by atoms with Crippen LogP contribution in [0.3, 0.4) is 0 Å². The van der Waals surface area contributed by atoms with Crippen molar-refractivity contribution in [3.63, 3.8) is 0 Å². The molecule has 1 unspecified atom stereocenters. The van der Waals surface area contributed by atoms with Gasteiger partial charge in [0.2, 0.25) is 10.0 Å². The van der Waals surface area contributed by atoms with Crippen LogP contribution in [0.25, 0.3) is 0 Å². The molecule has 1 atom stereocenters. The maximum Gasteiger partial charge on any atom is 0.256 e. The summed E-state index contributed by atoms with van der Waals surface area (Å²) >= 11 is 5.65. The first-order valence-electron chi connectivity index (χ1n) is 6.01. The van der Waals surface area contributed by atoms with Crippen LogP contribution in [-0.4, -0.2) is 32.3 Å². The predicted molar refractivity (Wildman–Crippen MR) is 72.5 cm³/mol. The smallest absolute Gasteiger partial charge is 0.256 e. The number of carbonyl (C=O) groups is 1. The standard InChI is InChI=1S/C12H14ClFN2O3S/c1-7-2-3-16(6-7)12(17)8-4-11(20(15,18)19)9(13)5-10(8)14/h4-5,7H,2-3,6H2,1H3,(H2,15,18,19). The maximum absolute atomic E-state index is 13.9. The summed E-state index contributed by atoms with van der Waals surface area (Å²) in [5.74, 6) is -1.06. The first-order chi connectivity index (χ1) is 9.20. The highest BCUT2D eigenvalue weighted by molar-refractivity contribution is 7.89. The van der Waals surface area contributed by atoms with Crippen LogP contribution in [0.15, 0.2) is 17.0 Å². The van der Waals surface area contributed by atoms with Crippen molar-refractivity contribution in [2.45, 2.75) is 18.2 Å². The molecule has 1 aliphatic rings. The molecule has 0 aromatic heterocycles. The fourth-order valence-electron chi connectivity index (χ4n) is 2.20. The number of carbonyl (C=O) groups excluding carboxylic acids is 1. The van der Waals surface area contributed by atoms with Crippen molar-refractivity contribution in [1.82, 2.24) is 4.90 Å². The van der Waals surface area contributed by atoms with Crippen LogP contribution in [0.2, 0.25) is 5.02 Å². The third-order valence-corrected chi connectivity index (χ3v) is 4.65. The molecule has 1 heterocycles. The summed E-state index contributed by atoms with van der Waals surface area (Å²) in [5, 5.41) is 4.66. The minimum absolute atomic E-state index is 0.326. The number of primary sulfonamides is 1. The lowest BCUT2D eigenvalue weighted by molar-refractivity contribution is 0.0783. The van der Waals surface area contributed by atoms with Crippen molar-refractivity contribution in [2.75, 3.05) is 13.1 Å². The first kappa shape index (κ1) is 15.2. The average Bonchev–Trinajstić information content (AvgIpc) is 2.73. The van der Waals surface area contributed by atoms with Crippen molar-refractivity contribution in [3.05, 3.63) is 28.5 Å². The molecule has 1 aliphatic heterocycles. The van der Waals surface area contributed by atoms with Gasteiger partial charge < -0.3 is 4.90 Å². The normalized spacial score (nSPS) is 19.4. The largest absolute Gasteiger partial charge is 0.338 e. The second-order valence-corrected chi connectivity index (χ2v) is 6.89. The highest BCUT2D eigenvalue weighted by atomic mass is 35.5. The molecule has 1 saturated heterocycles. The second-order valence-electron chi connectivity index (χ2n) is 4.95. The fourth-order valence-corrected chi connectivity index (χ4v) is 3.29. The Hall–Kier alpha value is -1.18. The zero-order valence-electron chi connectivity index (χ0n) is 10.8. The van der Waals surface area contributed by atoms with Crippen molar-refractivity contribution in [3.8, 4) is 0 Å². The topological polar surface area (TPSA) is 80.5 Å². The van der Waals surface area contributed by atoms with Crippen molar-refractivity contribution in [1.29, 1.82) is 0 Å². The number of sulfonamides is 1. The van der Waals surface area contributed by atoms with E-state index in [4.69, 9.17) is 16.7 Å². The molecule has 5 nitrogen and oxygen atoms in total. The molecule has 0 aliphatic carbocycles. The monoisotopic (exact) mass is 320 g/mol. The van der Waals surface area contributed by atoms with Gasteiger partial charge in [-0.1, -0.05) is 18.5 Å². The molecule has 0 spiro atoms. The number of nitrogens with two attached hydrogens (primary N) is 1. The molecule has 0 radical (unpaired) electrons. The van der Waals surface area contributed by atoms with Crippen LogP contribution < -0.4 is 5.14 Å². The van der Waals surface area contributed by atoms with Gasteiger partial charge in [-0.15, -0.1) is 0 Å². The Kier molecular flexibility index (Phi) is 4.04. The summed E-state index contributed by atoms with van der Waals surface area (Å²) in [4.78, 5) is 13.3. The van der Waals surface area contributed by atoms with E-state index in [1.165, 1.54) is 4.90 Å². The SMILES string of the molecule is CC1CCN(C(=O)c2cc(S(N)(=O)=O)c(Cl)cc2F)C1. The third-order valence-electron chi connectivity index (χ3n) is 3.27. The number of amides is 1. The van der Waals surface area contributed by atoms with Gasteiger partial charge in [0.25, 0.3) is 5.91 Å². The lowest BCUT2D eigenvalue weighted by Gasteiger charge is -2.17. The van der Waals surface area contributed by atoms with Gasteiger partial charge >= 0.3 is 0 Å². The molecule has 0 bridgehead atoms. The van der Waals surface area contributed by atoms with Gasteiger partial charge in [0, 0.05) is 13.1 Å². The molecule has 1 aromatic rings. The quantitative estimate of drug-likeness (QED) is 0.899. The van der Waals surface area contributed by atoms with Crippen LogP contribution in [-0.2, 0) is 10.0 Å². The minimum Gasteiger partial charge on any atom is -0.338 e. The highest BCUT2D eigenvalue weighted by Crippen LogP contribution is 2.26. The van der Waals surface area contributed by atoms with Crippen LogP contribution in [0, 0.1) is 11.7 Å². The van der Waals surface area contributed by atoms with Gasteiger partial charge in [-0.25, -0.2) is 17.9 Å². The first-order valence-corrected chi connectivity index (χ1v) is 7.93. The Bertz CT molecular complexity index is 663. The van der Waals surface area contributed by atoms with E-state index in [9.17, 15) is 17.6 Å². The highest BCUT2D eigenvalue weighted by Gasteiger charge is 2.28. The molecule has 1 fully saturated rings. The fraction of sp³-hybridized carbons (Fsp3) is 0.417. The zero-order chi connectivity index (χ0) is 15.1. The van der Waals surface area contributed by atoms with Gasteiger partial charge in [-0.2, -0.15) is 0 Å². The lowest BCUT2D eigenvalue weighted by Crippen LogP contribution is -2.29. The lowest BCUT2D eigenvalue weighted by atomic mass is 10.1. The maximum atomic E-state index is 13.9. The van der Waals surface area contributed by atoms with Crippen molar-refractivity contribution in [2.24, 2.45) is 11.1 Å². The number of rotatable bonds is 2. The van der Waals surface area contributed by atoms with Crippen molar-refractivity contribution < 1.29 is 17.6 Å². The summed E-state index contributed by atoms with van der Waals surface area (Å²) in [5.41, 5.74) is -0.326. The van der Waals surface area contributed by atoms with E-state index in [1.54, 1.807) is 0 Å². The van der Waals surface area contributed by atoms with Gasteiger partial charge in [0.1, 0.15) is 10.7 Å². The average molecular weight is 321 g/mol. The second kappa shape index (κ2) is 5.31. The Morgan fingerprint density at radius 3 is 2.65 bits per heavy atom. The molecular weight excluding hydrogens is 307 g/mol. The number of likely N-dealkylation sites (tertiary alicyclic amines) is 1. The minimum atomic E-state index is -4.11. The Morgan fingerprint density at radius 2 is 2.15 bits per heavy atom. The summed E-state index contributed by atoms with van der Waals surface area (Å²) in [6.07, 6.45) is 0.836. The zero-order valence-corrected chi connectivity index (χ0v) is 12.3. The van der Waals surface area contributed by atoms with E-state index in [1.807, 2.05) is 6.92 Å². The van der Waals surface area contributed by atoms with Crippen LogP contribution in [0.5, 0.6) is 0 Å². The van der Waals surface area contributed by atoms with E-state index in [0.717, 1.165) is 18.6 Å². The number of hydrogen-bond acceptors (Lipinski definition) is 3. The van der Waals surface area contributed by atoms with Crippen LogP contribution >= 0.6 is 11.6 Å². The predicted octanol–water partition coefficient (Wildman–Crippen LogP) is 1.61. The van der Waals surface area contributed by atoms with Gasteiger partial charge in [-0.3, -0.25) is 4.79 Å². The van der Waals surface area contributed by atoms with Gasteiger partial charge in [-0.05, 0) is 24.5 Å². The van der Waals surface area contributed by atoms with Crippen LogP contribution in [0.1, 0.15) is 23.7 Å². The van der Waals surface area contributed by atoms with E-state index >= 15 is 0 Å². The van der Waals surface area contributed by atoms with Crippen molar-refractivity contribution >= 4 is 27.5 Å². The van der Waals surface area contributed by atoms with E-state index < -0.39 is 26.6 Å². The molecule has 110 valence electrons. The Balaban J connectivity index is 2.44. The van der Waals surface area contributed by atoms with Gasteiger partial charge in [0.15, 0.2) is 0 Å². The van der Waals surface area contributed by atoms with E-state index in [-0.39, 0.29) is 10.6 Å². The van der Waals surface area contributed by atoms with Gasteiger partial charge in [0.05, 0.1) is 10.6 Å². The molecular formula is C12H14ClFN2O3S. The number of nitrogens with zero attached hydrogens (tertiary/aromatic N) is 1. The van der Waals surface area contributed by atoms with E-state index in [0.29, 0.717) is 19.0 Å². The molecule has 20 heavy (non-hydrogen) atoms. The van der Waals surface area contributed by atoms with Crippen LogP contribution in [0.4, 0.5) is 4.39 Å². The summed E-state index contributed by atoms with van der Waals surface area (Å²) < 4.78 is 36.6. The Morgan fingerprint density at radius 1 is 1.50 bits per heavy atom. The summed E-state index contributed by atoms with van der Waals surface area (Å²) in [6.45, 7) is 3.03. The number of halogens is 2. The molecule has 1 amide bonds. The number of hydrogen-bond donors (Lipinski definition) is 1. The van der Waals surface area contributed by atoms with E-state index in [2.05, 4.69) is 0 Å². The molecule has 1 aromatic carbocycles.